The number of hydrogen-bond acceptors (Lipinski definition) is 1. The summed E-state index contributed by atoms with van der Waals surface area (Å²) >= 11 is 9.47. The standard InChI is InChI=1S/C10H13BrClN/c1-2-4-9(13)7-5-3-6-8(11)10(7)12/h3,5-6,9H,2,4,13H2,1H3. The first-order valence-electron chi connectivity index (χ1n) is 4.36. The molecular formula is C10H13BrClN. The molecule has 0 bridgehead atoms. The molecule has 72 valence electrons. The van der Waals surface area contributed by atoms with Gasteiger partial charge in [-0.1, -0.05) is 37.1 Å². The van der Waals surface area contributed by atoms with Crippen molar-refractivity contribution in [2.75, 3.05) is 0 Å². The van der Waals surface area contributed by atoms with Crippen LogP contribution >= 0.6 is 27.5 Å². The molecule has 1 aromatic carbocycles. The topological polar surface area (TPSA) is 26.0 Å². The van der Waals surface area contributed by atoms with Crippen LogP contribution in [0.15, 0.2) is 22.7 Å². The molecule has 1 nitrogen and oxygen atoms in total. The molecule has 1 rings (SSSR count). The van der Waals surface area contributed by atoms with Gasteiger partial charge in [-0.2, -0.15) is 0 Å². The quantitative estimate of drug-likeness (QED) is 0.878. The van der Waals surface area contributed by atoms with Crippen LogP contribution in [0.1, 0.15) is 31.4 Å². The van der Waals surface area contributed by atoms with Crippen molar-refractivity contribution in [1.82, 2.24) is 0 Å². The van der Waals surface area contributed by atoms with E-state index in [1.54, 1.807) is 0 Å². The maximum atomic E-state index is 6.10. The van der Waals surface area contributed by atoms with Crippen LogP contribution in [0.3, 0.4) is 0 Å². The van der Waals surface area contributed by atoms with E-state index in [0.29, 0.717) is 0 Å². The third-order valence-corrected chi connectivity index (χ3v) is 3.29. The summed E-state index contributed by atoms with van der Waals surface area (Å²) in [6, 6.07) is 5.91. The van der Waals surface area contributed by atoms with Gasteiger partial charge in [-0.15, -0.1) is 0 Å². The molecule has 0 saturated carbocycles. The smallest absolute Gasteiger partial charge is 0.0595 e. The molecule has 13 heavy (non-hydrogen) atoms. The van der Waals surface area contributed by atoms with Crippen LogP contribution in [0.4, 0.5) is 0 Å². The summed E-state index contributed by atoms with van der Waals surface area (Å²) in [4.78, 5) is 0. The number of benzene rings is 1. The lowest BCUT2D eigenvalue weighted by Crippen LogP contribution is -2.10. The molecule has 0 amide bonds. The van der Waals surface area contributed by atoms with E-state index in [1.807, 2.05) is 18.2 Å². The van der Waals surface area contributed by atoms with Gasteiger partial charge in [-0.25, -0.2) is 0 Å². The van der Waals surface area contributed by atoms with Gasteiger partial charge in [-0.3, -0.25) is 0 Å². The van der Waals surface area contributed by atoms with Crippen molar-refractivity contribution in [3.63, 3.8) is 0 Å². The van der Waals surface area contributed by atoms with Crippen LogP contribution in [0.2, 0.25) is 5.02 Å². The predicted octanol–water partition coefficient (Wildman–Crippen LogP) is 3.90. The third-order valence-electron chi connectivity index (χ3n) is 1.98. The molecule has 0 aromatic heterocycles. The predicted molar refractivity (Wildman–Crippen MR) is 61.0 cm³/mol. The second kappa shape index (κ2) is 4.99. The van der Waals surface area contributed by atoms with Gasteiger partial charge in [0, 0.05) is 10.5 Å². The van der Waals surface area contributed by atoms with Crippen LogP contribution in [0, 0.1) is 0 Å². The Morgan fingerprint density at radius 1 is 1.54 bits per heavy atom. The van der Waals surface area contributed by atoms with E-state index in [1.165, 1.54) is 0 Å². The fraction of sp³-hybridized carbons (Fsp3) is 0.400. The molecule has 0 radical (unpaired) electrons. The van der Waals surface area contributed by atoms with Gasteiger partial charge in [0.1, 0.15) is 0 Å². The van der Waals surface area contributed by atoms with Gasteiger partial charge in [0.15, 0.2) is 0 Å². The summed E-state index contributed by atoms with van der Waals surface area (Å²) in [6.45, 7) is 2.12. The van der Waals surface area contributed by atoms with E-state index >= 15 is 0 Å². The molecule has 0 aliphatic heterocycles. The maximum absolute atomic E-state index is 6.10. The van der Waals surface area contributed by atoms with Crippen molar-refractivity contribution in [2.24, 2.45) is 5.73 Å². The van der Waals surface area contributed by atoms with Gasteiger partial charge in [0.25, 0.3) is 0 Å². The van der Waals surface area contributed by atoms with E-state index in [4.69, 9.17) is 17.3 Å². The Labute approximate surface area is 92.4 Å². The maximum Gasteiger partial charge on any atom is 0.0595 e. The first kappa shape index (κ1) is 11.0. The molecule has 1 unspecified atom stereocenters. The SMILES string of the molecule is CCCC(N)c1cccc(Br)c1Cl. The Bertz CT molecular complexity index is 288. The summed E-state index contributed by atoms with van der Waals surface area (Å²) in [5, 5.41) is 0.739. The van der Waals surface area contributed by atoms with Gasteiger partial charge in [0.2, 0.25) is 0 Å². The molecule has 0 saturated heterocycles. The Balaban J connectivity index is 2.93. The number of halogens is 2. The normalized spacial score (nSPS) is 12.9. The highest BCUT2D eigenvalue weighted by molar-refractivity contribution is 9.10. The van der Waals surface area contributed by atoms with Crippen molar-refractivity contribution >= 4 is 27.5 Å². The van der Waals surface area contributed by atoms with Crippen LogP contribution in [0.5, 0.6) is 0 Å². The lowest BCUT2D eigenvalue weighted by Gasteiger charge is -2.13. The van der Waals surface area contributed by atoms with Crippen LogP contribution in [-0.2, 0) is 0 Å². The number of rotatable bonds is 3. The second-order valence-corrected chi connectivity index (χ2v) is 4.27. The molecule has 0 aliphatic rings. The van der Waals surface area contributed by atoms with Crippen LogP contribution in [0.25, 0.3) is 0 Å². The average Bonchev–Trinajstić information content (AvgIpc) is 2.10. The third kappa shape index (κ3) is 2.70. The average molecular weight is 263 g/mol. The van der Waals surface area contributed by atoms with Crippen molar-refractivity contribution in [1.29, 1.82) is 0 Å². The Kier molecular flexibility index (Phi) is 4.23. The molecule has 2 N–H and O–H groups in total. The van der Waals surface area contributed by atoms with Crippen molar-refractivity contribution < 1.29 is 0 Å². The number of nitrogens with two attached hydrogens (primary N) is 1. The van der Waals surface area contributed by atoms with Gasteiger partial charge in [-0.05, 0) is 34.0 Å². The highest BCUT2D eigenvalue weighted by atomic mass is 79.9. The van der Waals surface area contributed by atoms with Crippen molar-refractivity contribution in [3.8, 4) is 0 Å². The summed E-state index contributed by atoms with van der Waals surface area (Å²) in [5.41, 5.74) is 7.00. The van der Waals surface area contributed by atoms with Crippen molar-refractivity contribution in [3.05, 3.63) is 33.3 Å². The molecule has 3 heteroatoms. The fourth-order valence-corrected chi connectivity index (χ4v) is 1.92. The van der Waals surface area contributed by atoms with Gasteiger partial charge in [0.05, 0.1) is 5.02 Å². The zero-order valence-electron chi connectivity index (χ0n) is 7.56. The molecule has 0 spiro atoms. The molecule has 1 aromatic rings. The summed E-state index contributed by atoms with van der Waals surface area (Å²) < 4.78 is 0.915. The van der Waals surface area contributed by atoms with Crippen LogP contribution < -0.4 is 5.73 Å². The first-order chi connectivity index (χ1) is 6.16. The van der Waals surface area contributed by atoms with E-state index < -0.39 is 0 Å². The molecular weight excluding hydrogens is 249 g/mol. The fourth-order valence-electron chi connectivity index (χ4n) is 1.27. The molecule has 0 aliphatic carbocycles. The van der Waals surface area contributed by atoms with Gasteiger partial charge < -0.3 is 5.73 Å². The Hall–Kier alpha value is -0.0500. The summed E-state index contributed by atoms with van der Waals surface area (Å²) in [5.74, 6) is 0. The minimum Gasteiger partial charge on any atom is -0.324 e. The lowest BCUT2D eigenvalue weighted by molar-refractivity contribution is 0.638. The van der Waals surface area contributed by atoms with E-state index in [2.05, 4.69) is 22.9 Å². The van der Waals surface area contributed by atoms with Crippen LogP contribution in [-0.4, -0.2) is 0 Å². The minimum absolute atomic E-state index is 0.0509. The highest BCUT2D eigenvalue weighted by Gasteiger charge is 2.10. The molecule has 1 atom stereocenters. The second-order valence-electron chi connectivity index (χ2n) is 3.04. The monoisotopic (exact) mass is 261 g/mol. The largest absolute Gasteiger partial charge is 0.324 e. The van der Waals surface area contributed by atoms with E-state index in [9.17, 15) is 0 Å². The van der Waals surface area contributed by atoms with Crippen molar-refractivity contribution in [2.45, 2.75) is 25.8 Å². The van der Waals surface area contributed by atoms with E-state index in [0.717, 1.165) is 27.9 Å². The summed E-state index contributed by atoms with van der Waals surface area (Å²) in [7, 11) is 0. The Morgan fingerprint density at radius 2 is 2.23 bits per heavy atom. The summed E-state index contributed by atoms with van der Waals surface area (Å²) in [6.07, 6.45) is 2.04. The lowest BCUT2D eigenvalue weighted by atomic mass is 10.0. The molecule has 0 fully saturated rings. The van der Waals surface area contributed by atoms with Gasteiger partial charge >= 0.3 is 0 Å². The highest BCUT2D eigenvalue weighted by Crippen LogP contribution is 2.30. The minimum atomic E-state index is 0.0509. The first-order valence-corrected chi connectivity index (χ1v) is 5.53. The zero-order valence-corrected chi connectivity index (χ0v) is 9.90. The number of hydrogen-bond donors (Lipinski definition) is 1. The van der Waals surface area contributed by atoms with E-state index in [-0.39, 0.29) is 6.04 Å². The zero-order chi connectivity index (χ0) is 9.84. The Morgan fingerprint density at radius 3 is 2.85 bits per heavy atom. The molecule has 0 heterocycles.